The molecule has 2 rings (SSSR count). The fourth-order valence-corrected chi connectivity index (χ4v) is 2.43. The molecule has 110 valence electrons. The first-order chi connectivity index (χ1) is 9.53. The Balaban J connectivity index is 1.85. The summed E-state index contributed by atoms with van der Waals surface area (Å²) in [6, 6.07) is 10.4. The number of carbonyl (C=O) groups is 1. The Kier molecular flexibility index (Phi) is 5.02. The van der Waals surface area contributed by atoms with Gasteiger partial charge in [-0.2, -0.15) is 0 Å². The molecule has 1 aliphatic heterocycles. The Morgan fingerprint density at radius 2 is 1.80 bits per heavy atom. The summed E-state index contributed by atoms with van der Waals surface area (Å²) in [5.41, 5.74) is 0.347. The average molecular weight is 297 g/mol. The van der Waals surface area contributed by atoms with E-state index in [0.717, 1.165) is 32.7 Å². The van der Waals surface area contributed by atoms with Gasteiger partial charge in [0.05, 0.1) is 11.9 Å². The van der Waals surface area contributed by atoms with Gasteiger partial charge < -0.3 is 4.90 Å². The van der Waals surface area contributed by atoms with Crippen molar-refractivity contribution < 1.29 is 9.08 Å². The van der Waals surface area contributed by atoms with Gasteiger partial charge in [0.2, 0.25) is 0 Å². The molecule has 1 fully saturated rings. The van der Waals surface area contributed by atoms with Crippen molar-refractivity contribution in [1.29, 1.82) is 0 Å². The van der Waals surface area contributed by atoms with Crippen LogP contribution in [0.15, 0.2) is 30.3 Å². The van der Waals surface area contributed by atoms with E-state index >= 15 is 0 Å². The molecule has 5 heteroatoms. The van der Waals surface area contributed by atoms with E-state index in [2.05, 4.69) is 29.2 Å². The number of nitrogens with zero attached hydrogens (tertiary/aromatic N) is 2. The molecule has 1 aromatic rings. The molecule has 0 bridgehead atoms. The summed E-state index contributed by atoms with van der Waals surface area (Å²) in [5.74, 6) is -0.0492. The predicted molar refractivity (Wildman–Crippen MR) is 79.3 cm³/mol. The van der Waals surface area contributed by atoms with Gasteiger partial charge in [-0.05, 0) is 19.4 Å². The van der Waals surface area contributed by atoms with Gasteiger partial charge in [-0.15, -0.1) is 0 Å². The minimum atomic E-state index is -0.955. The highest BCUT2D eigenvalue weighted by Crippen LogP contribution is 2.17. The zero-order valence-electron chi connectivity index (χ0n) is 12.0. The molecule has 1 heterocycles. The van der Waals surface area contributed by atoms with Crippen molar-refractivity contribution in [2.24, 2.45) is 0 Å². The zero-order valence-corrected chi connectivity index (χ0v) is 12.8. The molecule has 0 aromatic heterocycles. The maximum atomic E-state index is 12.2. The van der Waals surface area contributed by atoms with Crippen LogP contribution in [0.25, 0.3) is 0 Å². The Morgan fingerprint density at radius 1 is 1.20 bits per heavy atom. The van der Waals surface area contributed by atoms with Gasteiger partial charge in [0, 0.05) is 32.7 Å². The van der Waals surface area contributed by atoms with Crippen molar-refractivity contribution in [3.63, 3.8) is 0 Å². The highest BCUT2D eigenvalue weighted by molar-refractivity contribution is 6.09. The summed E-state index contributed by atoms with van der Waals surface area (Å²) in [5, 5.41) is 0. The molecule has 0 atom stereocenters. The van der Waals surface area contributed by atoms with Crippen LogP contribution in [0.4, 0.5) is 0 Å². The first-order valence-electron chi connectivity index (χ1n) is 6.88. The van der Waals surface area contributed by atoms with E-state index in [1.807, 2.05) is 11.0 Å². The summed E-state index contributed by atoms with van der Waals surface area (Å²) in [6.45, 7) is 7.50. The largest absolute Gasteiger partial charge is 0.338 e. The third-order valence-corrected chi connectivity index (χ3v) is 4.00. The Morgan fingerprint density at radius 3 is 2.35 bits per heavy atom. The Labute approximate surface area is 125 Å². The second-order valence-electron chi connectivity index (χ2n) is 5.64. The molecule has 0 N–H and O–H groups in total. The SMILES string of the molecule is CC(C)(OCl)C(=O)N1CCN(Cc2ccccc2)CC1. The summed E-state index contributed by atoms with van der Waals surface area (Å²) in [7, 11) is 0. The maximum Gasteiger partial charge on any atom is 0.256 e. The lowest BCUT2D eigenvalue weighted by atomic mass is 10.1. The number of hydrogen-bond acceptors (Lipinski definition) is 3. The van der Waals surface area contributed by atoms with E-state index < -0.39 is 5.60 Å². The van der Waals surface area contributed by atoms with Gasteiger partial charge in [0.15, 0.2) is 5.60 Å². The number of piperazine rings is 1. The number of hydrogen-bond donors (Lipinski definition) is 0. The lowest BCUT2D eigenvalue weighted by Gasteiger charge is -2.37. The van der Waals surface area contributed by atoms with Crippen LogP contribution in [0.3, 0.4) is 0 Å². The topological polar surface area (TPSA) is 32.8 Å². The van der Waals surface area contributed by atoms with Crippen LogP contribution >= 0.6 is 11.9 Å². The van der Waals surface area contributed by atoms with Crippen molar-refractivity contribution in [1.82, 2.24) is 9.80 Å². The molecule has 4 nitrogen and oxygen atoms in total. The lowest BCUT2D eigenvalue weighted by Crippen LogP contribution is -2.53. The van der Waals surface area contributed by atoms with Crippen LogP contribution in [0.2, 0.25) is 0 Å². The molecule has 0 spiro atoms. The minimum absolute atomic E-state index is 0.0492. The third-order valence-electron chi connectivity index (χ3n) is 3.62. The van der Waals surface area contributed by atoms with E-state index in [-0.39, 0.29) is 5.91 Å². The van der Waals surface area contributed by atoms with Gasteiger partial charge >= 0.3 is 0 Å². The molecule has 1 aliphatic rings. The highest BCUT2D eigenvalue weighted by atomic mass is 35.5. The highest BCUT2D eigenvalue weighted by Gasteiger charge is 2.34. The summed E-state index contributed by atoms with van der Waals surface area (Å²) < 4.78 is 4.74. The number of amides is 1. The number of halogens is 1. The van der Waals surface area contributed by atoms with E-state index in [4.69, 9.17) is 16.2 Å². The van der Waals surface area contributed by atoms with Gasteiger partial charge in [-0.3, -0.25) is 14.0 Å². The third kappa shape index (κ3) is 3.72. The molecular weight excluding hydrogens is 276 g/mol. The molecule has 0 unspecified atom stereocenters. The van der Waals surface area contributed by atoms with Crippen molar-refractivity contribution in [3.05, 3.63) is 35.9 Å². The van der Waals surface area contributed by atoms with Gasteiger partial charge in [-0.1, -0.05) is 30.3 Å². The second-order valence-corrected chi connectivity index (χ2v) is 5.80. The minimum Gasteiger partial charge on any atom is -0.338 e. The number of carbonyl (C=O) groups excluding carboxylic acids is 1. The van der Waals surface area contributed by atoms with E-state index in [1.54, 1.807) is 13.8 Å². The Bertz CT molecular complexity index is 442. The summed E-state index contributed by atoms with van der Waals surface area (Å²) >= 11 is 5.39. The molecule has 0 radical (unpaired) electrons. The molecule has 1 amide bonds. The summed E-state index contributed by atoms with van der Waals surface area (Å²) in [6.07, 6.45) is 0. The van der Waals surface area contributed by atoms with E-state index in [0.29, 0.717) is 0 Å². The normalized spacial score (nSPS) is 17.2. The molecule has 1 saturated heterocycles. The van der Waals surface area contributed by atoms with Crippen LogP contribution in [0.1, 0.15) is 19.4 Å². The summed E-state index contributed by atoms with van der Waals surface area (Å²) in [4.78, 5) is 16.4. The average Bonchev–Trinajstić information content (AvgIpc) is 2.48. The van der Waals surface area contributed by atoms with Crippen LogP contribution in [-0.4, -0.2) is 47.5 Å². The van der Waals surface area contributed by atoms with Crippen molar-refractivity contribution >= 4 is 17.8 Å². The van der Waals surface area contributed by atoms with Gasteiger partial charge in [0.1, 0.15) is 0 Å². The molecule has 0 aliphatic carbocycles. The van der Waals surface area contributed by atoms with Crippen LogP contribution < -0.4 is 0 Å². The van der Waals surface area contributed by atoms with E-state index in [9.17, 15) is 4.79 Å². The second kappa shape index (κ2) is 6.57. The predicted octanol–water partition coefficient (Wildman–Crippen LogP) is 2.28. The maximum absolute atomic E-state index is 12.2. The first kappa shape index (κ1) is 15.3. The molecule has 0 saturated carbocycles. The fraction of sp³-hybridized carbons (Fsp3) is 0.533. The molecular formula is C15H21ClN2O2. The monoisotopic (exact) mass is 296 g/mol. The first-order valence-corrected chi connectivity index (χ1v) is 7.19. The van der Waals surface area contributed by atoms with Crippen molar-refractivity contribution in [2.75, 3.05) is 26.2 Å². The smallest absolute Gasteiger partial charge is 0.256 e. The van der Waals surface area contributed by atoms with Gasteiger partial charge in [-0.25, -0.2) is 0 Å². The molecule has 1 aromatic carbocycles. The van der Waals surface area contributed by atoms with Crippen molar-refractivity contribution in [3.8, 4) is 0 Å². The number of rotatable bonds is 4. The van der Waals surface area contributed by atoms with Gasteiger partial charge in [0.25, 0.3) is 5.91 Å². The molecule has 20 heavy (non-hydrogen) atoms. The zero-order chi connectivity index (χ0) is 14.6. The fourth-order valence-electron chi connectivity index (χ4n) is 2.36. The van der Waals surface area contributed by atoms with Crippen LogP contribution in [0, 0.1) is 0 Å². The van der Waals surface area contributed by atoms with Crippen LogP contribution in [-0.2, 0) is 15.6 Å². The van der Waals surface area contributed by atoms with Crippen LogP contribution in [0.5, 0.6) is 0 Å². The standard InChI is InChI=1S/C15H21ClN2O2/c1-15(2,20-16)14(19)18-10-8-17(9-11-18)12-13-6-4-3-5-7-13/h3-7H,8-12H2,1-2H3. The van der Waals surface area contributed by atoms with Crippen molar-refractivity contribution in [2.45, 2.75) is 26.0 Å². The quantitative estimate of drug-likeness (QED) is 0.854. The number of benzene rings is 1. The van der Waals surface area contributed by atoms with E-state index in [1.165, 1.54) is 5.56 Å². The lowest BCUT2D eigenvalue weighted by molar-refractivity contribution is -0.147. The Hall–Kier alpha value is -1.10.